The summed E-state index contributed by atoms with van der Waals surface area (Å²) in [6.45, 7) is 4.56. The van der Waals surface area contributed by atoms with Gasteiger partial charge in [-0.3, -0.25) is 9.89 Å². The lowest BCUT2D eigenvalue weighted by molar-refractivity contribution is 0.100. The Hall–Kier alpha value is -2.01. The van der Waals surface area contributed by atoms with Gasteiger partial charge in [-0.25, -0.2) is 0 Å². The second kappa shape index (κ2) is 5.32. The van der Waals surface area contributed by atoms with Crippen LogP contribution in [0.3, 0.4) is 0 Å². The van der Waals surface area contributed by atoms with Gasteiger partial charge >= 0.3 is 0 Å². The van der Waals surface area contributed by atoms with Crippen molar-refractivity contribution in [2.75, 3.05) is 5.32 Å². The summed E-state index contributed by atoms with van der Waals surface area (Å²) in [4.78, 5) is 11.1. The van der Waals surface area contributed by atoms with Gasteiger partial charge in [0.1, 0.15) is 0 Å². The molecule has 0 aliphatic heterocycles. The Bertz CT molecular complexity index is 602. The quantitative estimate of drug-likeness (QED) is 0.803. The number of halogens is 1. The van der Waals surface area contributed by atoms with E-state index in [1.165, 1.54) is 0 Å². The van der Waals surface area contributed by atoms with E-state index < -0.39 is 5.91 Å². The standard InChI is InChI=1S/C13H15ClN4O/c1-7-11(8(2)18-17-7)6-16-9-3-4-10(13(15)19)12(14)5-9/h3-5,16H,6H2,1-2H3,(H2,15,19)(H,17,18). The number of aromatic amines is 1. The van der Waals surface area contributed by atoms with E-state index in [0.29, 0.717) is 17.1 Å². The first-order valence-electron chi connectivity index (χ1n) is 5.82. The SMILES string of the molecule is Cc1n[nH]c(C)c1CNc1ccc(C(N)=O)c(Cl)c1. The fraction of sp³-hybridized carbons (Fsp3) is 0.231. The number of nitrogens with zero attached hydrogens (tertiary/aromatic N) is 1. The number of hydrogen-bond donors (Lipinski definition) is 3. The first-order chi connectivity index (χ1) is 8.99. The molecule has 0 saturated carbocycles. The van der Waals surface area contributed by atoms with E-state index in [1.807, 2.05) is 13.8 Å². The molecule has 0 unspecified atom stereocenters. The summed E-state index contributed by atoms with van der Waals surface area (Å²) < 4.78 is 0. The Morgan fingerprint density at radius 3 is 2.74 bits per heavy atom. The number of anilines is 1. The maximum Gasteiger partial charge on any atom is 0.250 e. The lowest BCUT2D eigenvalue weighted by Crippen LogP contribution is -2.11. The molecule has 1 aromatic heterocycles. The molecule has 0 bridgehead atoms. The molecule has 0 atom stereocenters. The van der Waals surface area contributed by atoms with Crippen molar-refractivity contribution < 1.29 is 4.79 Å². The normalized spacial score (nSPS) is 10.5. The minimum absolute atomic E-state index is 0.322. The molecule has 6 heteroatoms. The van der Waals surface area contributed by atoms with Gasteiger partial charge in [0.05, 0.1) is 16.3 Å². The van der Waals surface area contributed by atoms with Crippen LogP contribution >= 0.6 is 11.6 Å². The topological polar surface area (TPSA) is 83.8 Å². The Labute approximate surface area is 116 Å². The largest absolute Gasteiger partial charge is 0.381 e. The lowest BCUT2D eigenvalue weighted by Gasteiger charge is -2.08. The van der Waals surface area contributed by atoms with Crippen LogP contribution in [0.1, 0.15) is 27.3 Å². The maximum absolute atomic E-state index is 11.1. The number of primary amides is 1. The van der Waals surface area contributed by atoms with Crippen molar-refractivity contribution >= 4 is 23.2 Å². The third kappa shape index (κ3) is 2.88. The summed E-state index contributed by atoms with van der Waals surface area (Å²) >= 11 is 5.99. The summed E-state index contributed by atoms with van der Waals surface area (Å²) in [7, 11) is 0. The zero-order chi connectivity index (χ0) is 14.0. The summed E-state index contributed by atoms with van der Waals surface area (Å²) in [5.41, 5.74) is 9.47. The van der Waals surface area contributed by atoms with E-state index in [-0.39, 0.29) is 0 Å². The number of amides is 1. The van der Waals surface area contributed by atoms with Crippen LogP contribution in [-0.2, 0) is 6.54 Å². The van der Waals surface area contributed by atoms with Crippen LogP contribution in [0.25, 0.3) is 0 Å². The van der Waals surface area contributed by atoms with E-state index in [4.69, 9.17) is 17.3 Å². The van der Waals surface area contributed by atoms with Gasteiger partial charge in [0, 0.05) is 23.5 Å². The van der Waals surface area contributed by atoms with Gasteiger partial charge in [-0.1, -0.05) is 11.6 Å². The zero-order valence-electron chi connectivity index (χ0n) is 10.7. The van der Waals surface area contributed by atoms with Gasteiger partial charge in [0.25, 0.3) is 0 Å². The van der Waals surface area contributed by atoms with Gasteiger partial charge in [0.15, 0.2) is 0 Å². The zero-order valence-corrected chi connectivity index (χ0v) is 11.5. The predicted octanol–water partition coefficient (Wildman–Crippen LogP) is 2.39. The number of aryl methyl sites for hydroxylation is 2. The first-order valence-corrected chi connectivity index (χ1v) is 6.20. The Morgan fingerprint density at radius 2 is 2.21 bits per heavy atom. The molecule has 19 heavy (non-hydrogen) atoms. The highest BCUT2D eigenvalue weighted by molar-refractivity contribution is 6.34. The van der Waals surface area contributed by atoms with Crippen molar-refractivity contribution in [1.29, 1.82) is 0 Å². The van der Waals surface area contributed by atoms with Crippen molar-refractivity contribution in [1.82, 2.24) is 10.2 Å². The number of carbonyl (C=O) groups is 1. The average molecular weight is 279 g/mol. The van der Waals surface area contributed by atoms with E-state index in [0.717, 1.165) is 22.6 Å². The smallest absolute Gasteiger partial charge is 0.250 e. The summed E-state index contributed by atoms with van der Waals surface area (Å²) in [6.07, 6.45) is 0. The van der Waals surface area contributed by atoms with Crippen LogP contribution in [0, 0.1) is 13.8 Å². The molecule has 0 saturated heterocycles. The van der Waals surface area contributed by atoms with Gasteiger partial charge < -0.3 is 11.1 Å². The molecule has 1 amide bonds. The molecule has 0 fully saturated rings. The van der Waals surface area contributed by atoms with E-state index >= 15 is 0 Å². The van der Waals surface area contributed by atoms with Gasteiger partial charge in [0.2, 0.25) is 5.91 Å². The van der Waals surface area contributed by atoms with Crippen molar-refractivity contribution in [2.45, 2.75) is 20.4 Å². The molecule has 1 aromatic carbocycles. The molecule has 0 spiro atoms. The minimum Gasteiger partial charge on any atom is -0.381 e. The molecule has 1 heterocycles. The highest BCUT2D eigenvalue weighted by Crippen LogP contribution is 2.21. The van der Waals surface area contributed by atoms with Crippen molar-refractivity contribution in [3.05, 3.63) is 45.7 Å². The number of hydrogen-bond acceptors (Lipinski definition) is 3. The summed E-state index contributed by atoms with van der Waals surface area (Å²) in [5.74, 6) is -0.530. The van der Waals surface area contributed by atoms with Crippen LogP contribution in [0.4, 0.5) is 5.69 Å². The molecule has 2 rings (SSSR count). The van der Waals surface area contributed by atoms with Gasteiger partial charge in [-0.05, 0) is 32.0 Å². The second-order valence-corrected chi connectivity index (χ2v) is 4.73. The number of rotatable bonds is 4. The number of benzene rings is 1. The van der Waals surface area contributed by atoms with E-state index in [1.54, 1.807) is 18.2 Å². The first kappa shape index (κ1) is 13.4. The van der Waals surface area contributed by atoms with E-state index in [2.05, 4.69) is 15.5 Å². The maximum atomic E-state index is 11.1. The molecule has 4 N–H and O–H groups in total. The van der Waals surface area contributed by atoms with Crippen LogP contribution in [-0.4, -0.2) is 16.1 Å². The monoisotopic (exact) mass is 278 g/mol. The molecule has 0 radical (unpaired) electrons. The number of nitrogens with two attached hydrogens (primary N) is 1. The molecular weight excluding hydrogens is 264 g/mol. The van der Waals surface area contributed by atoms with Crippen LogP contribution < -0.4 is 11.1 Å². The Morgan fingerprint density at radius 1 is 1.47 bits per heavy atom. The predicted molar refractivity (Wildman–Crippen MR) is 75.4 cm³/mol. The van der Waals surface area contributed by atoms with E-state index in [9.17, 15) is 4.79 Å². The van der Waals surface area contributed by atoms with Crippen LogP contribution in [0.2, 0.25) is 5.02 Å². The lowest BCUT2D eigenvalue weighted by atomic mass is 10.1. The van der Waals surface area contributed by atoms with Gasteiger partial charge in [-0.15, -0.1) is 0 Å². The number of carbonyl (C=O) groups excluding carboxylic acids is 1. The number of aromatic nitrogens is 2. The molecule has 0 aliphatic carbocycles. The highest BCUT2D eigenvalue weighted by Gasteiger charge is 2.09. The Kier molecular flexibility index (Phi) is 3.76. The molecule has 5 nitrogen and oxygen atoms in total. The van der Waals surface area contributed by atoms with Crippen LogP contribution in [0.5, 0.6) is 0 Å². The van der Waals surface area contributed by atoms with Crippen molar-refractivity contribution in [3.8, 4) is 0 Å². The van der Waals surface area contributed by atoms with Gasteiger partial charge in [-0.2, -0.15) is 5.10 Å². The van der Waals surface area contributed by atoms with Crippen molar-refractivity contribution in [2.24, 2.45) is 5.73 Å². The molecule has 0 aliphatic rings. The average Bonchev–Trinajstić information content (AvgIpc) is 2.66. The fourth-order valence-electron chi connectivity index (χ4n) is 1.85. The second-order valence-electron chi connectivity index (χ2n) is 4.33. The Balaban J connectivity index is 2.13. The third-order valence-corrected chi connectivity index (χ3v) is 3.30. The summed E-state index contributed by atoms with van der Waals surface area (Å²) in [6, 6.07) is 5.07. The number of nitrogens with one attached hydrogen (secondary N) is 2. The van der Waals surface area contributed by atoms with Crippen molar-refractivity contribution in [3.63, 3.8) is 0 Å². The van der Waals surface area contributed by atoms with Crippen LogP contribution in [0.15, 0.2) is 18.2 Å². The number of H-pyrrole nitrogens is 1. The molecular formula is C13H15ClN4O. The third-order valence-electron chi connectivity index (χ3n) is 2.98. The fourth-order valence-corrected chi connectivity index (χ4v) is 2.12. The highest BCUT2D eigenvalue weighted by atomic mass is 35.5. The molecule has 100 valence electrons. The summed E-state index contributed by atoms with van der Waals surface area (Å²) in [5, 5.41) is 10.6. The minimum atomic E-state index is -0.530. The molecule has 2 aromatic rings.